The first-order chi connectivity index (χ1) is 17.8. The first kappa shape index (κ1) is 29.1. The summed E-state index contributed by atoms with van der Waals surface area (Å²) in [5.41, 5.74) is -4.14. The molecule has 0 unspecified atom stereocenters. The van der Waals surface area contributed by atoms with Gasteiger partial charge in [0.05, 0.1) is 19.8 Å². The third-order valence-electron chi connectivity index (χ3n) is 6.29. The van der Waals surface area contributed by atoms with Crippen molar-refractivity contribution in [2.75, 3.05) is 14.1 Å². The number of hydrogen-bond donors (Lipinski definition) is 1. The summed E-state index contributed by atoms with van der Waals surface area (Å²) < 4.78 is 148. The van der Waals surface area contributed by atoms with E-state index in [4.69, 9.17) is 0 Å². The monoisotopic (exact) mass is 547 g/mol. The van der Waals surface area contributed by atoms with Crippen molar-refractivity contribution in [1.29, 1.82) is 0 Å². The van der Waals surface area contributed by atoms with Crippen molar-refractivity contribution >= 4 is 28.2 Å². The fraction of sp³-hybridized carbons (Fsp3) is 0.231. The minimum absolute atomic E-state index is 0.00910. The van der Waals surface area contributed by atoms with Crippen LogP contribution < -0.4 is 21.3 Å². The second-order valence-electron chi connectivity index (χ2n) is 8.85. The van der Waals surface area contributed by atoms with Gasteiger partial charge in [0.1, 0.15) is 23.3 Å². The highest BCUT2D eigenvalue weighted by Gasteiger charge is 2.45. The van der Waals surface area contributed by atoms with Gasteiger partial charge < -0.3 is 4.90 Å². The van der Waals surface area contributed by atoms with Gasteiger partial charge in [-0.05, 0) is 12.5 Å². The molecule has 1 nitrogen and oxygen atoms in total. The molecule has 12 heteroatoms. The molecule has 38 heavy (non-hydrogen) atoms. The molecule has 0 saturated carbocycles. The van der Waals surface area contributed by atoms with Gasteiger partial charge >= 0.3 is 0 Å². The minimum Gasteiger partial charge on any atom is -0.310 e. The zero-order valence-corrected chi connectivity index (χ0v) is 20.3. The molecule has 0 radical (unpaired) electrons. The lowest BCUT2D eigenvalue weighted by Gasteiger charge is -2.40. The highest BCUT2D eigenvalue weighted by molar-refractivity contribution is 7.17. The van der Waals surface area contributed by atoms with E-state index in [1.165, 1.54) is 32.3 Å². The topological polar surface area (TPSA) is 4.44 Å². The predicted molar refractivity (Wildman–Crippen MR) is 123 cm³/mol. The maximum absolute atomic E-state index is 15.4. The highest BCUT2D eigenvalue weighted by atomic mass is 19.2. The van der Waals surface area contributed by atoms with Crippen molar-refractivity contribution < 1.29 is 48.8 Å². The third kappa shape index (κ3) is 4.53. The average Bonchev–Trinajstić information content (AvgIpc) is 2.90. The minimum atomic E-state index is -4.37. The molecule has 0 amide bonds. The fourth-order valence-electron chi connectivity index (χ4n) is 4.50. The number of nitrogens with one attached hydrogen (secondary N) is 1. The van der Waals surface area contributed by atoms with Gasteiger partial charge in [-0.25, -0.2) is 43.9 Å². The van der Waals surface area contributed by atoms with E-state index in [2.05, 4.69) is 11.7 Å². The molecule has 0 fully saturated rings. The number of quaternary nitrogens is 1. The maximum atomic E-state index is 15.4. The first-order valence-electron chi connectivity index (χ1n) is 11.4. The number of unbranched alkanes of at least 4 members (excludes halogenated alkanes) is 2. The summed E-state index contributed by atoms with van der Waals surface area (Å²) in [5, 5.41) is 0. The van der Waals surface area contributed by atoms with Crippen molar-refractivity contribution in [3.05, 3.63) is 82.4 Å². The second-order valence-corrected chi connectivity index (χ2v) is 8.85. The van der Waals surface area contributed by atoms with Crippen LogP contribution in [0.5, 0.6) is 0 Å². The molecule has 3 rings (SSSR count). The van der Waals surface area contributed by atoms with Gasteiger partial charge in [-0.15, -0.1) is 22.3 Å². The van der Waals surface area contributed by atoms with E-state index in [-0.39, 0.29) is 12.1 Å². The molecule has 3 aromatic rings. The fourth-order valence-corrected chi connectivity index (χ4v) is 4.50. The summed E-state index contributed by atoms with van der Waals surface area (Å²) in [6, 6.07) is 4.94. The van der Waals surface area contributed by atoms with E-state index in [0.29, 0.717) is 17.7 Å². The third-order valence-corrected chi connectivity index (χ3v) is 6.29. The van der Waals surface area contributed by atoms with Crippen LogP contribution in [-0.4, -0.2) is 20.2 Å². The van der Waals surface area contributed by atoms with Crippen LogP contribution in [0.1, 0.15) is 26.2 Å². The smallest absolute Gasteiger partial charge is 0.200 e. The van der Waals surface area contributed by atoms with E-state index in [0.717, 1.165) is 6.07 Å². The molecule has 0 aliphatic heterocycles. The Balaban J connectivity index is 2.78. The molecule has 0 aliphatic carbocycles. The molecule has 0 saturated heterocycles. The molecule has 3 aromatic carbocycles. The molecular formula is C26H20BF10N. The SMILES string of the molecule is CCCCC#C[B-](c1ccccc1[NH+](C)C)(c1c(F)c(F)c(F)c(F)c1F)c1c(F)c(F)c(F)c(F)c1F. The van der Waals surface area contributed by atoms with Crippen molar-refractivity contribution in [2.24, 2.45) is 0 Å². The number of rotatable bonds is 6. The summed E-state index contributed by atoms with van der Waals surface area (Å²) in [6.45, 7) is 1.74. The van der Waals surface area contributed by atoms with Gasteiger partial charge in [0.25, 0.3) is 0 Å². The Bertz CT molecular complexity index is 1330. The van der Waals surface area contributed by atoms with Crippen molar-refractivity contribution in [3.8, 4) is 11.7 Å². The van der Waals surface area contributed by atoms with Gasteiger partial charge in [0, 0.05) is 6.42 Å². The van der Waals surface area contributed by atoms with E-state index in [1.807, 2.05) is 0 Å². The second kappa shape index (κ2) is 11.1. The van der Waals surface area contributed by atoms with Gasteiger partial charge in [-0.1, -0.05) is 31.5 Å². The largest absolute Gasteiger partial charge is 0.310 e. The molecule has 0 heterocycles. The summed E-state index contributed by atoms with van der Waals surface area (Å²) >= 11 is 0. The Labute approximate surface area is 212 Å². The molecule has 1 N–H and O–H groups in total. The van der Waals surface area contributed by atoms with Crippen LogP contribution in [0, 0.1) is 69.9 Å². The summed E-state index contributed by atoms with van der Waals surface area (Å²) in [5.74, 6) is -20.4. The van der Waals surface area contributed by atoms with Gasteiger partial charge in [-0.2, -0.15) is 0 Å². The zero-order chi connectivity index (χ0) is 28.5. The maximum Gasteiger partial charge on any atom is 0.200 e. The molecule has 0 atom stereocenters. The summed E-state index contributed by atoms with van der Waals surface area (Å²) in [7, 11) is 2.92. The van der Waals surface area contributed by atoms with Crippen LogP contribution in [0.2, 0.25) is 0 Å². The van der Waals surface area contributed by atoms with E-state index < -0.39 is 80.7 Å². The Morgan fingerprint density at radius 2 is 1.03 bits per heavy atom. The van der Waals surface area contributed by atoms with Crippen molar-refractivity contribution in [3.63, 3.8) is 0 Å². The number of para-hydroxylation sites is 1. The first-order valence-corrected chi connectivity index (χ1v) is 11.4. The number of halogens is 10. The van der Waals surface area contributed by atoms with Gasteiger partial charge in [-0.3, -0.25) is 5.82 Å². The lowest BCUT2D eigenvalue weighted by atomic mass is 9.15. The number of hydrogen-bond acceptors (Lipinski definition) is 0. The molecule has 0 bridgehead atoms. The Kier molecular flexibility index (Phi) is 8.51. The molecular weight excluding hydrogens is 527 g/mol. The molecule has 202 valence electrons. The highest BCUT2D eigenvalue weighted by Crippen LogP contribution is 2.25. The Morgan fingerprint density at radius 3 is 1.42 bits per heavy atom. The van der Waals surface area contributed by atoms with Crippen LogP contribution in [0.25, 0.3) is 0 Å². The van der Waals surface area contributed by atoms with E-state index in [1.54, 1.807) is 6.92 Å². The van der Waals surface area contributed by atoms with Crippen LogP contribution in [-0.2, 0) is 0 Å². The quantitative estimate of drug-likeness (QED) is 0.119. The Morgan fingerprint density at radius 1 is 0.632 bits per heavy atom. The van der Waals surface area contributed by atoms with Crippen molar-refractivity contribution in [2.45, 2.75) is 26.2 Å². The van der Waals surface area contributed by atoms with Gasteiger partial charge in [0.15, 0.2) is 41.0 Å². The van der Waals surface area contributed by atoms with Crippen molar-refractivity contribution in [1.82, 2.24) is 0 Å². The lowest BCUT2D eigenvalue weighted by Crippen LogP contribution is -3.02. The Hall–Kier alpha value is -3.46. The normalized spacial score (nSPS) is 11.6. The van der Waals surface area contributed by atoms with Crippen LogP contribution in [0.4, 0.5) is 49.6 Å². The van der Waals surface area contributed by atoms with E-state index in [9.17, 15) is 26.3 Å². The predicted octanol–water partition coefficient (Wildman–Crippen LogP) is 4.06. The molecule has 0 aromatic heterocycles. The summed E-state index contributed by atoms with van der Waals surface area (Å²) in [6.07, 6.45) is -3.59. The standard InChI is InChI=1S/C26H19BF10N/c1-4-5-6-9-12-27(13-10-7-8-11-14(13)38(2)3,15-17(28)21(32)25(36)22(33)18(15)29)16-19(30)23(34)26(37)24(35)20(16)31/h7-8,10-11H,4-6H2,1-3H3/q-1/p+1. The van der Waals surface area contributed by atoms with Crippen LogP contribution in [0.3, 0.4) is 0 Å². The van der Waals surface area contributed by atoms with Crippen LogP contribution in [0.15, 0.2) is 24.3 Å². The lowest BCUT2D eigenvalue weighted by molar-refractivity contribution is -0.785. The average molecular weight is 547 g/mol. The zero-order valence-electron chi connectivity index (χ0n) is 20.3. The molecule has 0 aliphatic rings. The van der Waals surface area contributed by atoms with E-state index >= 15 is 17.6 Å². The van der Waals surface area contributed by atoms with Gasteiger partial charge in [0.2, 0.25) is 0 Å². The summed E-state index contributed by atoms with van der Waals surface area (Å²) in [4.78, 5) is 0.329. The van der Waals surface area contributed by atoms with Crippen LogP contribution >= 0.6 is 0 Å². The molecule has 0 spiro atoms. The number of benzene rings is 3.